The second-order valence-corrected chi connectivity index (χ2v) is 15.1. The van der Waals surface area contributed by atoms with Gasteiger partial charge in [0.15, 0.2) is 0 Å². The van der Waals surface area contributed by atoms with Crippen molar-refractivity contribution in [2.75, 3.05) is 13.2 Å². The SMILES string of the molecule is CCCC[C@H](N)C(=O)N[C@@H](Cc1ccc(O)cc1)C(=O)N[C@H](C(=O)NCN[C@@H](Cc1cnc[nH]1)C(=O)N1CCC[C@H]1C(=O)N[C@@H](Cc1ccccc1)C(=O)O)[C@@H](C)CC. The number of phenols is 1. The number of aliphatic carboxylic acids is 1. The summed E-state index contributed by atoms with van der Waals surface area (Å²) in [6.45, 7) is 5.75. The predicted octanol–water partition coefficient (Wildman–Crippen LogP) is 1.27. The number of hydrogen-bond donors (Lipinski definition) is 9. The fourth-order valence-corrected chi connectivity index (χ4v) is 6.92. The van der Waals surface area contributed by atoms with E-state index in [0.29, 0.717) is 36.9 Å². The van der Waals surface area contributed by atoms with Gasteiger partial charge in [-0.15, -0.1) is 0 Å². The first-order valence-corrected chi connectivity index (χ1v) is 20.3. The van der Waals surface area contributed by atoms with Crippen molar-refractivity contribution in [3.8, 4) is 5.75 Å². The summed E-state index contributed by atoms with van der Waals surface area (Å²) in [6, 6.07) is 9.22. The molecule has 0 aliphatic carbocycles. The first-order valence-electron chi connectivity index (χ1n) is 20.3. The zero-order chi connectivity index (χ0) is 42.9. The van der Waals surface area contributed by atoms with E-state index < -0.39 is 71.8 Å². The van der Waals surface area contributed by atoms with Crippen molar-refractivity contribution in [3.63, 3.8) is 0 Å². The molecule has 0 unspecified atom stereocenters. The molecule has 1 aliphatic rings. The Morgan fingerprint density at radius 3 is 2.22 bits per heavy atom. The average molecular weight is 818 g/mol. The van der Waals surface area contributed by atoms with Gasteiger partial charge in [0.05, 0.1) is 25.1 Å². The zero-order valence-corrected chi connectivity index (χ0v) is 34.0. The summed E-state index contributed by atoms with van der Waals surface area (Å²) in [7, 11) is 0. The molecular formula is C42H59N9O8. The van der Waals surface area contributed by atoms with Crippen molar-refractivity contribution < 1.29 is 39.0 Å². The molecule has 3 aromatic rings. The van der Waals surface area contributed by atoms with Crippen LogP contribution in [0.25, 0.3) is 0 Å². The minimum Gasteiger partial charge on any atom is -0.508 e. The van der Waals surface area contributed by atoms with Gasteiger partial charge < -0.3 is 47.1 Å². The Labute approximate surface area is 344 Å². The number of benzene rings is 2. The van der Waals surface area contributed by atoms with Crippen LogP contribution in [-0.4, -0.2) is 110 Å². The Morgan fingerprint density at radius 2 is 1.58 bits per heavy atom. The highest BCUT2D eigenvalue weighted by atomic mass is 16.4. The molecule has 0 spiro atoms. The topological polar surface area (TPSA) is 261 Å². The van der Waals surface area contributed by atoms with Gasteiger partial charge in [-0.2, -0.15) is 0 Å². The monoisotopic (exact) mass is 817 g/mol. The van der Waals surface area contributed by atoms with E-state index in [-0.39, 0.29) is 44.1 Å². The van der Waals surface area contributed by atoms with Crippen LogP contribution >= 0.6 is 0 Å². The normalized spacial score (nSPS) is 16.8. The number of aromatic nitrogens is 2. The van der Waals surface area contributed by atoms with Gasteiger partial charge in [-0.1, -0.05) is 82.5 Å². The van der Waals surface area contributed by atoms with E-state index in [2.05, 4.69) is 36.6 Å². The number of H-pyrrole nitrogens is 1. The molecule has 2 heterocycles. The molecule has 17 nitrogen and oxygen atoms in total. The number of carboxylic acids is 1. The number of rotatable bonds is 23. The van der Waals surface area contributed by atoms with E-state index in [1.807, 2.05) is 26.8 Å². The molecule has 4 rings (SSSR count). The second-order valence-electron chi connectivity index (χ2n) is 15.1. The third-order valence-electron chi connectivity index (χ3n) is 10.6. The number of nitrogens with zero attached hydrogens (tertiary/aromatic N) is 2. The lowest BCUT2D eigenvalue weighted by Crippen LogP contribution is -2.59. The molecule has 10 N–H and O–H groups in total. The van der Waals surface area contributed by atoms with Gasteiger partial charge in [0, 0.05) is 37.7 Å². The molecule has 5 amide bonds. The standard InChI is InChI=1S/C42H59N9O8/c1-4-6-13-31(43)37(53)48-32(20-28-15-17-30(52)18-16-28)38(54)50-36(26(3)5-2)40(56)47-25-46-33(22-29-23-44-24-45-29)41(57)51-19-10-14-35(51)39(55)49-34(42(58)59)21-27-11-8-7-9-12-27/h7-9,11-12,15-18,23-24,26,31-36,46,52H,4-6,10,13-14,19-22,25,43H2,1-3H3,(H,44,45)(H,47,56)(H,48,53)(H,49,55)(H,50,54)(H,58,59)/t26-,31-,32-,33-,34-,35-,36-/m0/s1. The number of nitrogens with one attached hydrogen (secondary N) is 6. The van der Waals surface area contributed by atoms with Crippen molar-refractivity contribution in [2.24, 2.45) is 11.7 Å². The maximum absolute atomic E-state index is 14.2. The van der Waals surface area contributed by atoms with Gasteiger partial charge in [-0.3, -0.25) is 29.3 Å². The van der Waals surface area contributed by atoms with Gasteiger partial charge in [0.25, 0.3) is 0 Å². The van der Waals surface area contributed by atoms with Crippen LogP contribution in [0.4, 0.5) is 0 Å². The number of phenolic OH excluding ortho intramolecular Hbond substituents is 1. The van der Waals surface area contributed by atoms with Crippen LogP contribution in [0.3, 0.4) is 0 Å². The molecule has 320 valence electrons. The van der Waals surface area contributed by atoms with Gasteiger partial charge in [0.2, 0.25) is 29.5 Å². The smallest absolute Gasteiger partial charge is 0.326 e. The molecule has 0 saturated carbocycles. The van der Waals surface area contributed by atoms with E-state index >= 15 is 0 Å². The quantitative estimate of drug-likeness (QED) is 0.0616. The largest absolute Gasteiger partial charge is 0.508 e. The van der Waals surface area contributed by atoms with Crippen LogP contribution in [0.5, 0.6) is 5.75 Å². The minimum absolute atomic E-state index is 0.0464. The molecule has 7 atom stereocenters. The van der Waals surface area contributed by atoms with E-state index in [4.69, 9.17) is 5.73 Å². The molecule has 59 heavy (non-hydrogen) atoms. The number of likely N-dealkylation sites (tertiary alicyclic amines) is 1. The lowest BCUT2D eigenvalue weighted by Gasteiger charge is -2.30. The van der Waals surface area contributed by atoms with Crippen molar-refractivity contribution in [1.29, 1.82) is 0 Å². The molecule has 0 radical (unpaired) electrons. The maximum atomic E-state index is 14.2. The lowest BCUT2D eigenvalue weighted by molar-refractivity contribution is -0.144. The summed E-state index contributed by atoms with van der Waals surface area (Å²) < 4.78 is 0. The number of carbonyl (C=O) groups excluding carboxylic acids is 5. The van der Waals surface area contributed by atoms with Crippen LogP contribution in [0.15, 0.2) is 67.1 Å². The molecule has 17 heteroatoms. The number of hydrogen-bond acceptors (Lipinski definition) is 10. The predicted molar refractivity (Wildman–Crippen MR) is 219 cm³/mol. The van der Waals surface area contributed by atoms with E-state index in [1.165, 1.54) is 23.4 Å². The number of aromatic hydroxyl groups is 1. The fourth-order valence-electron chi connectivity index (χ4n) is 6.92. The summed E-state index contributed by atoms with van der Waals surface area (Å²) in [5.41, 5.74) is 8.15. The van der Waals surface area contributed by atoms with Crippen molar-refractivity contribution >= 4 is 35.5 Å². The van der Waals surface area contributed by atoms with Crippen LogP contribution in [-0.2, 0) is 48.0 Å². The number of amides is 5. The van der Waals surface area contributed by atoms with E-state index in [9.17, 15) is 39.0 Å². The number of nitrogens with two attached hydrogens (primary N) is 1. The number of imidazole rings is 1. The molecule has 1 fully saturated rings. The van der Waals surface area contributed by atoms with Crippen LogP contribution in [0, 0.1) is 5.92 Å². The lowest BCUT2D eigenvalue weighted by atomic mass is 9.97. The van der Waals surface area contributed by atoms with Gasteiger partial charge in [0.1, 0.15) is 29.9 Å². The summed E-state index contributed by atoms with van der Waals surface area (Å²) in [5.74, 6) is -4.08. The number of unbranched alkanes of at least 4 members (excludes halogenated alkanes) is 1. The highest BCUT2D eigenvalue weighted by Crippen LogP contribution is 2.20. The summed E-state index contributed by atoms with van der Waals surface area (Å²) in [6.07, 6.45) is 6.74. The highest BCUT2D eigenvalue weighted by molar-refractivity contribution is 5.94. The molecule has 2 aromatic carbocycles. The van der Waals surface area contributed by atoms with Gasteiger partial charge >= 0.3 is 5.97 Å². The van der Waals surface area contributed by atoms with E-state index in [0.717, 1.165) is 18.4 Å². The molecule has 0 bridgehead atoms. The maximum Gasteiger partial charge on any atom is 0.326 e. The summed E-state index contributed by atoms with van der Waals surface area (Å²) >= 11 is 0. The Kier molecular flexibility index (Phi) is 17.9. The zero-order valence-electron chi connectivity index (χ0n) is 34.0. The summed E-state index contributed by atoms with van der Waals surface area (Å²) in [4.78, 5) is 89.0. The van der Waals surface area contributed by atoms with Gasteiger partial charge in [-0.25, -0.2) is 9.78 Å². The molecule has 1 aromatic heterocycles. The molecule has 1 aliphatic heterocycles. The van der Waals surface area contributed by atoms with Crippen molar-refractivity contribution in [2.45, 2.75) is 115 Å². The number of carboxylic acid groups (broad SMARTS) is 1. The number of aromatic amines is 1. The van der Waals surface area contributed by atoms with Crippen molar-refractivity contribution in [3.05, 3.63) is 83.9 Å². The second kappa shape index (κ2) is 23.0. The van der Waals surface area contributed by atoms with Crippen molar-refractivity contribution in [1.82, 2.24) is 41.5 Å². The first-order chi connectivity index (χ1) is 28.3. The Morgan fingerprint density at radius 1 is 0.881 bits per heavy atom. The van der Waals surface area contributed by atoms with E-state index in [1.54, 1.807) is 42.6 Å². The summed E-state index contributed by atoms with van der Waals surface area (Å²) in [5, 5.41) is 33.8. The Balaban J connectivity index is 1.44. The molecular weight excluding hydrogens is 759 g/mol. The Bertz CT molecular complexity index is 1830. The average Bonchev–Trinajstić information content (AvgIpc) is 3.94. The highest BCUT2D eigenvalue weighted by Gasteiger charge is 2.39. The third kappa shape index (κ3) is 13.9. The molecule has 1 saturated heterocycles. The Hall–Kier alpha value is -5.81. The fraction of sp³-hybridized carbons (Fsp3) is 0.500. The van der Waals surface area contributed by atoms with Crippen LogP contribution < -0.4 is 32.3 Å². The van der Waals surface area contributed by atoms with Crippen LogP contribution in [0.2, 0.25) is 0 Å². The first kappa shape index (κ1) is 45.9. The third-order valence-corrected chi connectivity index (χ3v) is 10.6. The number of carbonyl (C=O) groups is 6. The van der Waals surface area contributed by atoms with Crippen LogP contribution in [0.1, 0.15) is 76.1 Å². The minimum atomic E-state index is -1.20. The van der Waals surface area contributed by atoms with Gasteiger partial charge in [-0.05, 0) is 48.4 Å².